The molecule has 0 spiro atoms. The number of rotatable bonds is 3. The van der Waals surface area contributed by atoms with Crippen molar-refractivity contribution in [3.8, 4) is 11.5 Å². The van der Waals surface area contributed by atoms with Crippen LogP contribution in [0.3, 0.4) is 0 Å². The van der Waals surface area contributed by atoms with Crippen LogP contribution in [0.1, 0.15) is 38.5 Å². The zero-order valence-electron chi connectivity index (χ0n) is 11.1. The third kappa shape index (κ3) is 2.53. The van der Waals surface area contributed by atoms with Gasteiger partial charge in [-0.2, -0.15) is 0 Å². The standard InChI is InChI=1S/C14H19FO4/c1-3-14(4-2)7-18-13(19-8-14)9-5-6-10(16)12(17)11(9)15/h5-6,13,16-17H,3-4,7-8H2,1-2H3. The Hall–Kier alpha value is -1.33. The number of halogens is 1. The van der Waals surface area contributed by atoms with Crippen LogP contribution in [-0.4, -0.2) is 23.4 Å². The van der Waals surface area contributed by atoms with Crippen molar-refractivity contribution in [3.63, 3.8) is 0 Å². The van der Waals surface area contributed by atoms with Crippen LogP contribution in [0.15, 0.2) is 12.1 Å². The van der Waals surface area contributed by atoms with E-state index in [2.05, 4.69) is 13.8 Å². The van der Waals surface area contributed by atoms with Gasteiger partial charge in [0, 0.05) is 11.0 Å². The molecule has 5 heteroatoms. The van der Waals surface area contributed by atoms with E-state index in [4.69, 9.17) is 9.47 Å². The second-order valence-corrected chi connectivity index (χ2v) is 5.00. The molecule has 2 N–H and O–H groups in total. The fourth-order valence-corrected chi connectivity index (χ4v) is 2.18. The number of phenols is 2. The lowest BCUT2D eigenvalue weighted by molar-refractivity contribution is -0.236. The van der Waals surface area contributed by atoms with E-state index in [9.17, 15) is 14.6 Å². The number of hydrogen-bond acceptors (Lipinski definition) is 4. The van der Waals surface area contributed by atoms with E-state index in [0.29, 0.717) is 13.2 Å². The molecule has 1 aromatic rings. The third-order valence-electron chi connectivity index (χ3n) is 3.96. The maximum absolute atomic E-state index is 13.8. The van der Waals surface area contributed by atoms with Gasteiger partial charge in [-0.3, -0.25) is 0 Å². The van der Waals surface area contributed by atoms with Crippen molar-refractivity contribution in [3.05, 3.63) is 23.5 Å². The molecule has 1 fully saturated rings. The lowest BCUT2D eigenvalue weighted by Gasteiger charge is -2.39. The van der Waals surface area contributed by atoms with Crippen molar-refractivity contribution in [2.24, 2.45) is 5.41 Å². The average molecular weight is 270 g/mol. The maximum atomic E-state index is 13.8. The summed E-state index contributed by atoms with van der Waals surface area (Å²) in [6.45, 7) is 5.13. The predicted octanol–water partition coefficient (Wildman–Crippen LogP) is 3.09. The molecule has 19 heavy (non-hydrogen) atoms. The minimum atomic E-state index is -0.898. The summed E-state index contributed by atoms with van der Waals surface area (Å²) in [7, 11) is 0. The fraction of sp³-hybridized carbons (Fsp3) is 0.571. The van der Waals surface area contributed by atoms with E-state index in [1.165, 1.54) is 12.1 Å². The summed E-state index contributed by atoms with van der Waals surface area (Å²) < 4.78 is 25.0. The molecular weight excluding hydrogens is 251 g/mol. The molecule has 1 aliphatic rings. The summed E-state index contributed by atoms with van der Waals surface area (Å²) in [4.78, 5) is 0. The highest BCUT2D eigenvalue weighted by molar-refractivity contribution is 5.42. The van der Waals surface area contributed by atoms with E-state index >= 15 is 0 Å². The smallest absolute Gasteiger partial charge is 0.194 e. The fourth-order valence-electron chi connectivity index (χ4n) is 2.18. The Morgan fingerprint density at radius 3 is 2.32 bits per heavy atom. The van der Waals surface area contributed by atoms with Gasteiger partial charge in [0.15, 0.2) is 23.6 Å². The molecule has 0 aromatic heterocycles. The van der Waals surface area contributed by atoms with Crippen molar-refractivity contribution in [2.75, 3.05) is 13.2 Å². The van der Waals surface area contributed by atoms with Crippen molar-refractivity contribution in [1.29, 1.82) is 0 Å². The van der Waals surface area contributed by atoms with E-state index < -0.39 is 23.6 Å². The van der Waals surface area contributed by atoms with Crippen LogP contribution in [0, 0.1) is 11.2 Å². The summed E-state index contributed by atoms with van der Waals surface area (Å²) in [6, 6.07) is 2.59. The largest absolute Gasteiger partial charge is 0.504 e. The summed E-state index contributed by atoms with van der Waals surface area (Å²) in [6.07, 6.45) is 1.02. The van der Waals surface area contributed by atoms with Crippen LogP contribution in [0.2, 0.25) is 0 Å². The molecular formula is C14H19FO4. The molecule has 0 aliphatic carbocycles. The molecule has 1 aromatic carbocycles. The molecule has 0 saturated carbocycles. The minimum absolute atomic E-state index is 0.0219. The molecule has 1 heterocycles. The summed E-state index contributed by atoms with van der Waals surface area (Å²) in [5, 5.41) is 18.6. The van der Waals surface area contributed by atoms with E-state index in [1.807, 2.05) is 0 Å². The Kier molecular flexibility index (Phi) is 3.96. The maximum Gasteiger partial charge on any atom is 0.194 e. The van der Waals surface area contributed by atoms with Gasteiger partial charge in [0.25, 0.3) is 0 Å². The van der Waals surface area contributed by atoms with Crippen LogP contribution in [0.4, 0.5) is 4.39 Å². The highest BCUT2D eigenvalue weighted by Gasteiger charge is 2.35. The first kappa shape index (κ1) is 14.1. The van der Waals surface area contributed by atoms with Gasteiger partial charge in [-0.25, -0.2) is 4.39 Å². The third-order valence-corrected chi connectivity index (χ3v) is 3.96. The average Bonchev–Trinajstić information content (AvgIpc) is 2.45. The van der Waals surface area contributed by atoms with Crippen LogP contribution in [0.25, 0.3) is 0 Å². The highest BCUT2D eigenvalue weighted by atomic mass is 19.1. The molecule has 0 atom stereocenters. The molecule has 0 unspecified atom stereocenters. The van der Waals surface area contributed by atoms with Gasteiger partial charge >= 0.3 is 0 Å². The second-order valence-electron chi connectivity index (χ2n) is 5.00. The minimum Gasteiger partial charge on any atom is -0.504 e. The number of aromatic hydroxyl groups is 2. The molecule has 2 rings (SSSR count). The van der Waals surface area contributed by atoms with Crippen LogP contribution in [-0.2, 0) is 9.47 Å². The number of ether oxygens (including phenoxy) is 2. The van der Waals surface area contributed by atoms with E-state index in [1.54, 1.807) is 0 Å². The molecule has 0 radical (unpaired) electrons. The Bertz CT molecular complexity index is 447. The molecule has 0 amide bonds. The molecule has 106 valence electrons. The zero-order valence-corrected chi connectivity index (χ0v) is 11.1. The number of benzene rings is 1. The topological polar surface area (TPSA) is 58.9 Å². The second kappa shape index (κ2) is 5.35. The molecule has 1 saturated heterocycles. The van der Waals surface area contributed by atoms with Gasteiger partial charge in [-0.05, 0) is 25.0 Å². The van der Waals surface area contributed by atoms with Crippen LogP contribution >= 0.6 is 0 Å². The van der Waals surface area contributed by atoms with Gasteiger partial charge in [0.2, 0.25) is 0 Å². The van der Waals surface area contributed by atoms with Gasteiger partial charge in [-0.1, -0.05) is 13.8 Å². The first-order valence-corrected chi connectivity index (χ1v) is 6.46. The lowest BCUT2D eigenvalue weighted by Crippen LogP contribution is -2.38. The van der Waals surface area contributed by atoms with Gasteiger partial charge in [0.1, 0.15) is 0 Å². The molecule has 4 nitrogen and oxygen atoms in total. The zero-order chi connectivity index (χ0) is 14.0. The Labute approximate surface area is 111 Å². The monoisotopic (exact) mass is 270 g/mol. The Morgan fingerprint density at radius 1 is 1.21 bits per heavy atom. The quantitative estimate of drug-likeness (QED) is 0.829. The van der Waals surface area contributed by atoms with Gasteiger partial charge in [-0.15, -0.1) is 0 Å². The number of hydrogen-bond donors (Lipinski definition) is 2. The molecule has 0 bridgehead atoms. The van der Waals surface area contributed by atoms with Crippen molar-refractivity contribution in [1.82, 2.24) is 0 Å². The van der Waals surface area contributed by atoms with Crippen molar-refractivity contribution < 1.29 is 24.1 Å². The predicted molar refractivity (Wildman–Crippen MR) is 67.4 cm³/mol. The van der Waals surface area contributed by atoms with Crippen molar-refractivity contribution in [2.45, 2.75) is 33.0 Å². The SMILES string of the molecule is CCC1(CC)COC(c2ccc(O)c(O)c2F)OC1. The van der Waals surface area contributed by atoms with E-state index in [-0.39, 0.29) is 11.0 Å². The summed E-state index contributed by atoms with van der Waals surface area (Å²) in [5.41, 5.74) is 0.0856. The lowest BCUT2D eigenvalue weighted by atomic mass is 9.83. The Morgan fingerprint density at radius 2 is 1.79 bits per heavy atom. The van der Waals surface area contributed by atoms with Crippen LogP contribution in [0.5, 0.6) is 11.5 Å². The molecule has 1 aliphatic heterocycles. The van der Waals surface area contributed by atoms with Crippen molar-refractivity contribution >= 4 is 0 Å². The first-order valence-electron chi connectivity index (χ1n) is 6.46. The Balaban J connectivity index is 2.16. The summed E-state index contributed by atoms with van der Waals surface area (Å²) in [5.74, 6) is -2.16. The van der Waals surface area contributed by atoms with Gasteiger partial charge in [0.05, 0.1) is 13.2 Å². The summed E-state index contributed by atoms with van der Waals surface area (Å²) >= 11 is 0. The van der Waals surface area contributed by atoms with E-state index in [0.717, 1.165) is 12.8 Å². The highest BCUT2D eigenvalue weighted by Crippen LogP contribution is 2.39. The first-order chi connectivity index (χ1) is 9.03. The normalized spacial score (nSPS) is 19.5. The number of phenolic OH excluding ortho intramolecular Hbond substituents is 2. The van der Waals surface area contributed by atoms with Gasteiger partial charge < -0.3 is 19.7 Å². The van der Waals surface area contributed by atoms with Crippen LogP contribution < -0.4 is 0 Å².